The van der Waals surface area contributed by atoms with Gasteiger partial charge in [-0.15, -0.1) is 0 Å². The maximum absolute atomic E-state index is 12.3. The average molecular weight is 443 g/mol. The van der Waals surface area contributed by atoms with Gasteiger partial charge in [0.25, 0.3) is 5.91 Å². The van der Waals surface area contributed by atoms with E-state index in [1.54, 1.807) is 0 Å². The summed E-state index contributed by atoms with van der Waals surface area (Å²) < 4.78 is 0. The summed E-state index contributed by atoms with van der Waals surface area (Å²) in [4.78, 5) is 12.3. The third-order valence-electron chi connectivity index (χ3n) is 7.10. The summed E-state index contributed by atoms with van der Waals surface area (Å²) >= 11 is 0. The lowest BCUT2D eigenvalue weighted by atomic mass is 10.1. The highest BCUT2D eigenvalue weighted by Gasteiger charge is 2.44. The standard InChI is InChI=1S/C27H56NOP/c1-5-8-11-14-17-20-23-30(26(4)27(28)29,24-21-18-15-12-9-6-2)25-22-19-16-13-10-7-3/h26H,5-25H2,1-4H3,(H-,28,29)/p+1. The van der Waals surface area contributed by atoms with E-state index in [0.717, 1.165) is 0 Å². The molecule has 0 spiro atoms. The molecule has 1 atom stereocenters. The minimum Gasteiger partial charge on any atom is -0.366 e. The van der Waals surface area contributed by atoms with Gasteiger partial charge in [0, 0.05) is 7.26 Å². The number of amides is 1. The van der Waals surface area contributed by atoms with Crippen LogP contribution in [-0.2, 0) is 4.79 Å². The van der Waals surface area contributed by atoms with Crippen molar-refractivity contribution >= 4 is 13.2 Å². The van der Waals surface area contributed by atoms with Crippen molar-refractivity contribution in [1.82, 2.24) is 0 Å². The minimum absolute atomic E-state index is 0.0220. The summed E-state index contributed by atoms with van der Waals surface area (Å²) in [5, 5.41) is 0. The first-order valence-electron chi connectivity index (χ1n) is 13.7. The van der Waals surface area contributed by atoms with E-state index in [1.807, 2.05) is 0 Å². The van der Waals surface area contributed by atoms with Gasteiger partial charge in [-0.1, -0.05) is 97.8 Å². The number of rotatable bonds is 23. The molecule has 0 bridgehead atoms. The second-order valence-electron chi connectivity index (χ2n) is 9.77. The highest BCUT2D eigenvalue weighted by Crippen LogP contribution is 2.64. The van der Waals surface area contributed by atoms with Crippen molar-refractivity contribution in [1.29, 1.82) is 0 Å². The van der Waals surface area contributed by atoms with Crippen LogP contribution in [-0.4, -0.2) is 30.1 Å². The summed E-state index contributed by atoms with van der Waals surface area (Å²) in [6.45, 7) is 9.03. The van der Waals surface area contributed by atoms with Gasteiger partial charge in [0.05, 0.1) is 18.5 Å². The van der Waals surface area contributed by atoms with Gasteiger partial charge < -0.3 is 5.73 Å². The predicted octanol–water partition coefficient (Wildman–Crippen LogP) is 8.96. The number of hydrogen-bond donors (Lipinski definition) is 1. The van der Waals surface area contributed by atoms with Gasteiger partial charge in [0.1, 0.15) is 5.66 Å². The second-order valence-corrected chi connectivity index (χ2v) is 14.3. The van der Waals surface area contributed by atoms with Crippen LogP contribution in [0.25, 0.3) is 0 Å². The fourth-order valence-corrected chi connectivity index (χ4v) is 9.74. The Morgan fingerprint density at radius 2 is 0.833 bits per heavy atom. The largest absolute Gasteiger partial charge is 0.366 e. The molecular formula is C27H57NOP+. The molecule has 0 aliphatic carbocycles. The first kappa shape index (κ1) is 29.9. The lowest BCUT2D eigenvalue weighted by molar-refractivity contribution is -0.117. The zero-order chi connectivity index (χ0) is 22.5. The van der Waals surface area contributed by atoms with E-state index in [4.69, 9.17) is 5.73 Å². The number of carbonyl (C=O) groups excluding carboxylic acids is 1. The summed E-state index contributed by atoms with van der Waals surface area (Å²) in [7, 11) is -1.28. The molecule has 1 unspecified atom stereocenters. The molecule has 180 valence electrons. The fourth-order valence-electron chi connectivity index (χ4n) is 4.81. The molecule has 2 nitrogen and oxygen atoms in total. The Bertz CT molecular complexity index is 344. The molecule has 0 aromatic heterocycles. The Kier molecular flexibility index (Phi) is 20.7. The zero-order valence-corrected chi connectivity index (χ0v) is 22.3. The third-order valence-corrected chi connectivity index (χ3v) is 12.6. The quantitative estimate of drug-likeness (QED) is 0.124. The number of nitrogens with two attached hydrogens (primary N) is 1. The maximum atomic E-state index is 12.3. The Balaban J connectivity index is 4.82. The van der Waals surface area contributed by atoms with E-state index in [1.165, 1.54) is 134 Å². The highest BCUT2D eigenvalue weighted by molar-refractivity contribution is 7.77. The van der Waals surface area contributed by atoms with Crippen LogP contribution in [0.3, 0.4) is 0 Å². The molecule has 0 fully saturated rings. The molecule has 0 saturated heterocycles. The van der Waals surface area contributed by atoms with Gasteiger partial charge in [-0.3, -0.25) is 4.79 Å². The van der Waals surface area contributed by atoms with E-state index < -0.39 is 7.26 Å². The van der Waals surface area contributed by atoms with Gasteiger partial charge in [-0.25, -0.2) is 0 Å². The summed E-state index contributed by atoms with van der Waals surface area (Å²) in [5.41, 5.74) is 6.05. The van der Waals surface area contributed by atoms with Crippen LogP contribution in [0.5, 0.6) is 0 Å². The predicted molar refractivity (Wildman–Crippen MR) is 140 cm³/mol. The van der Waals surface area contributed by atoms with Crippen molar-refractivity contribution in [3.8, 4) is 0 Å². The van der Waals surface area contributed by atoms with Crippen LogP contribution < -0.4 is 5.73 Å². The van der Waals surface area contributed by atoms with Crippen molar-refractivity contribution in [2.45, 2.75) is 149 Å². The van der Waals surface area contributed by atoms with Crippen LogP contribution in [0.1, 0.15) is 143 Å². The molecule has 0 aliphatic rings. The molecule has 1 amide bonds. The van der Waals surface area contributed by atoms with Crippen molar-refractivity contribution in [3.63, 3.8) is 0 Å². The third kappa shape index (κ3) is 14.8. The average Bonchev–Trinajstić information content (AvgIpc) is 2.74. The molecule has 0 aromatic carbocycles. The molecule has 0 aliphatic heterocycles. The van der Waals surface area contributed by atoms with Crippen LogP contribution in [0.15, 0.2) is 0 Å². The molecule has 0 saturated carbocycles. The summed E-state index contributed by atoms with van der Waals surface area (Å²) in [6, 6.07) is 0. The van der Waals surface area contributed by atoms with Crippen LogP contribution in [0.2, 0.25) is 0 Å². The van der Waals surface area contributed by atoms with Gasteiger partial charge in [0.2, 0.25) is 0 Å². The fraction of sp³-hybridized carbons (Fsp3) is 0.963. The Morgan fingerprint density at radius 1 is 0.567 bits per heavy atom. The van der Waals surface area contributed by atoms with Crippen molar-refractivity contribution < 1.29 is 4.79 Å². The minimum atomic E-state index is -1.28. The number of unbranched alkanes of at least 4 members (excludes halogenated alkanes) is 15. The van der Waals surface area contributed by atoms with Crippen LogP contribution >= 0.6 is 7.26 Å². The molecular weight excluding hydrogens is 385 g/mol. The topological polar surface area (TPSA) is 43.1 Å². The lowest BCUT2D eigenvalue weighted by Crippen LogP contribution is -2.32. The van der Waals surface area contributed by atoms with Gasteiger partial charge in [0.15, 0.2) is 0 Å². The Hall–Kier alpha value is -0.100. The highest BCUT2D eigenvalue weighted by atomic mass is 31.2. The summed E-state index contributed by atoms with van der Waals surface area (Å²) in [5.74, 6) is -0.0220. The smallest absolute Gasteiger partial charge is 0.257 e. The first-order chi connectivity index (χ1) is 14.5. The molecule has 0 heterocycles. The summed E-state index contributed by atoms with van der Waals surface area (Å²) in [6.07, 6.45) is 28.2. The number of hydrogen-bond acceptors (Lipinski definition) is 1. The Labute approximate surface area is 191 Å². The number of carbonyl (C=O) groups is 1. The maximum Gasteiger partial charge on any atom is 0.257 e. The normalized spacial score (nSPS) is 12.9. The van der Waals surface area contributed by atoms with Crippen molar-refractivity contribution in [2.75, 3.05) is 18.5 Å². The van der Waals surface area contributed by atoms with E-state index in [0.29, 0.717) is 0 Å². The Morgan fingerprint density at radius 3 is 1.10 bits per heavy atom. The molecule has 0 radical (unpaired) electrons. The van der Waals surface area contributed by atoms with Crippen LogP contribution in [0, 0.1) is 0 Å². The van der Waals surface area contributed by atoms with E-state index >= 15 is 0 Å². The zero-order valence-electron chi connectivity index (χ0n) is 21.4. The lowest BCUT2D eigenvalue weighted by Gasteiger charge is -2.32. The SMILES string of the molecule is CCCCCCCC[P+](CCCCCCCC)(CCCCCCCC)C(C)C(N)=O. The van der Waals surface area contributed by atoms with Gasteiger partial charge in [-0.05, 0) is 45.4 Å². The number of primary amides is 1. The molecule has 0 aromatic rings. The molecule has 2 N–H and O–H groups in total. The van der Waals surface area contributed by atoms with Gasteiger partial charge >= 0.3 is 0 Å². The van der Waals surface area contributed by atoms with Crippen molar-refractivity contribution in [2.24, 2.45) is 5.73 Å². The van der Waals surface area contributed by atoms with E-state index in [2.05, 4.69) is 27.7 Å². The van der Waals surface area contributed by atoms with Crippen molar-refractivity contribution in [3.05, 3.63) is 0 Å². The van der Waals surface area contributed by atoms with Crippen LogP contribution in [0.4, 0.5) is 0 Å². The molecule has 3 heteroatoms. The van der Waals surface area contributed by atoms with E-state index in [-0.39, 0.29) is 11.6 Å². The molecule has 30 heavy (non-hydrogen) atoms. The second kappa shape index (κ2) is 20.8. The van der Waals surface area contributed by atoms with E-state index in [9.17, 15) is 4.79 Å². The van der Waals surface area contributed by atoms with Gasteiger partial charge in [-0.2, -0.15) is 0 Å². The monoisotopic (exact) mass is 442 g/mol. The molecule has 0 rings (SSSR count). The first-order valence-corrected chi connectivity index (χ1v) is 16.1.